The van der Waals surface area contributed by atoms with E-state index in [1.165, 1.54) is 13.5 Å². The van der Waals surface area contributed by atoms with Gasteiger partial charge in [0.2, 0.25) is 0 Å². The van der Waals surface area contributed by atoms with Crippen molar-refractivity contribution in [3.05, 3.63) is 46.9 Å². The van der Waals surface area contributed by atoms with Gasteiger partial charge >= 0.3 is 0 Å². The lowest BCUT2D eigenvalue weighted by Crippen LogP contribution is -2.40. The van der Waals surface area contributed by atoms with Crippen molar-refractivity contribution < 1.29 is 18.7 Å². The number of ether oxygens (including phenoxy) is 2. The van der Waals surface area contributed by atoms with E-state index in [1.807, 2.05) is 19.1 Å². The molecule has 1 aliphatic rings. The molecule has 1 unspecified atom stereocenters. The molecule has 3 rings (SSSR count). The van der Waals surface area contributed by atoms with Gasteiger partial charge in [0.05, 0.1) is 31.0 Å². The molecule has 7 heteroatoms. The Bertz CT molecular complexity index is 773. The summed E-state index contributed by atoms with van der Waals surface area (Å²) in [7, 11) is 1.53. The number of amides is 1. The van der Waals surface area contributed by atoms with Gasteiger partial charge in [0.25, 0.3) is 5.91 Å². The van der Waals surface area contributed by atoms with Gasteiger partial charge < -0.3 is 19.2 Å². The Morgan fingerprint density at radius 3 is 2.75 bits per heavy atom. The summed E-state index contributed by atoms with van der Waals surface area (Å²) in [6, 6.07) is 7.11. The minimum Gasteiger partial charge on any atom is -0.493 e. The summed E-state index contributed by atoms with van der Waals surface area (Å²) in [6.45, 7) is 4.79. The number of benzene rings is 1. The van der Waals surface area contributed by atoms with Crippen molar-refractivity contribution in [2.24, 2.45) is 0 Å². The Balaban J connectivity index is 1.73. The molecule has 1 fully saturated rings. The Hall–Kier alpha value is -2.18. The lowest BCUT2D eigenvalue weighted by atomic mass is 10.1. The largest absolute Gasteiger partial charge is 0.493 e. The standard InChI is InChI=1S/C21H27ClN2O4/c1-3-27-20-16(22)12-15(13-19(20)26-2)21(25)23-14-17(18-8-7-11-28-18)24-9-5-4-6-10-24/h7-8,11-13,17H,3-6,9-10,14H2,1-2H3,(H,23,25). The highest BCUT2D eigenvalue weighted by molar-refractivity contribution is 6.32. The first kappa shape index (κ1) is 20.6. The molecule has 0 radical (unpaired) electrons. The molecule has 1 aliphatic heterocycles. The third-order valence-corrected chi connectivity index (χ3v) is 5.22. The van der Waals surface area contributed by atoms with E-state index in [4.69, 9.17) is 25.5 Å². The van der Waals surface area contributed by atoms with Crippen molar-refractivity contribution in [3.8, 4) is 11.5 Å². The van der Waals surface area contributed by atoms with Crippen molar-refractivity contribution in [3.63, 3.8) is 0 Å². The predicted octanol–water partition coefficient (Wildman–Crippen LogP) is 4.30. The van der Waals surface area contributed by atoms with Gasteiger partial charge in [-0.2, -0.15) is 0 Å². The maximum absolute atomic E-state index is 12.8. The number of likely N-dealkylation sites (tertiary alicyclic amines) is 1. The summed E-state index contributed by atoms with van der Waals surface area (Å²) >= 11 is 6.29. The average molecular weight is 407 g/mol. The van der Waals surface area contributed by atoms with Crippen molar-refractivity contribution in [1.82, 2.24) is 10.2 Å². The van der Waals surface area contributed by atoms with E-state index in [1.54, 1.807) is 18.4 Å². The van der Waals surface area contributed by atoms with Crippen LogP contribution in [0.1, 0.15) is 48.3 Å². The van der Waals surface area contributed by atoms with Gasteiger partial charge in [-0.25, -0.2) is 0 Å². The lowest BCUT2D eigenvalue weighted by molar-refractivity contribution is 0.0913. The Kier molecular flexibility index (Phi) is 7.23. The number of carbonyl (C=O) groups excluding carboxylic acids is 1. The maximum Gasteiger partial charge on any atom is 0.251 e. The normalized spacial score (nSPS) is 15.8. The van der Waals surface area contributed by atoms with Crippen LogP contribution in [0.25, 0.3) is 0 Å². The molecule has 1 saturated heterocycles. The van der Waals surface area contributed by atoms with Gasteiger partial charge in [0.1, 0.15) is 5.76 Å². The third kappa shape index (κ3) is 4.80. The van der Waals surface area contributed by atoms with Gasteiger partial charge in [-0.3, -0.25) is 9.69 Å². The Morgan fingerprint density at radius 1 is 1.32 bits per heavy atom. The zero-order valence-electron chi connectivity index (χ0n) is 16.4. The molecule has 1 aromatic carbocycles. The number of furan rings is 1. The number of nitrogens with one attached hydrogen (secondary N) is 1. The number of halogens is 1. The molecule has 0 bridgehead atoms. The summed E-state index contributed by atoms with van der Waals surface area (Å²) in [5.74, 6) is 1.55. The number of methoxy groups -OCH3 is 1. The predicted molar refractivity (Wildman–Crippen MR) is 108 cm³/mol. The zero-order chi connectivity index (χ0) is 19.9. The minimum absolute atomic E-state index is 0.0133. The monoisotopic (exact) mass is 406 g/mol. The number of hydrogen-bond donors (Lipinski definition) is 1. The van der Waals surface area contributed by atoms with E-state index in [9.17, 15) is 4.79 Å². The van der Waals surface area contributed by atoms with Gasteiger partial charge in [-0.15, -0.1) is 0 Å². The molecule has 2 aromatic rings. The van der Waals surface area contributed by atoms with Crippen LogP contribution in [0.4, 0.5) is 0 Å². The topological polar surface area (TPSA) is 63.9 Å². The van der Waals surface area contributed by atoms with Crippen LogP contribution in [-0.2, 0) is 0 Å². The highest BCUT2D eigenvalue weighted by Crippen LogP contribution is 2.36. The van der Waals surface area contributed by atoms with E-state index < -0.39 is 0 Å². The molecule has 0 aliphatic carbocycles. The van der Waals surface area contributed by atoms with Crippen molar-refractivity contribution in [2.75, 3.05) is 33.4 Å². The van der Waals surface area contributed by atoms with E-state index in [0.717, 1.165) is 31.7 Å². The first-order valence-corrected chi connectivity index (χ1v) is 10.1. The highest BCUT2D eigenvalue weighted by atomic mass is 35.5. The molecule has 2 heterocycles. The molecule has 1 atom stereocenters. The van der Waals surface area contributed by atoms with Crippen LogP contribution in [0.5, 0.6) is 11.5 Å². The van der Waals surface area contributed by atoms with Gasteiger partial charge in [-0.1, -0.05) is 18.0 Å². The number of rotatable bonds is 8. The highest BCUT2D eigenvalue weighted by Gasteiger charge is 2.25. The van der Waals surface area contributed by atoms with E-state index in [-0.39, 0.29) is 11.9 Å². The molecule has 1 amide bonds. The molecule has 1 aromatic heterocycles. The number of hydrogen-bond acceptors (Lipinski definition) is 5. The van der Waals surface area contributed by atoms with Gasteiger partial charge in [-0.05, 0) is 57.1 Å². The van der Waals surface area contributed by atoms with Crippen LogP contribution in [0.15, 0.2) is 34.9 Å². The summed E-state index contributed by atoms with van der Waals surface area (Å²) < 4.78 is 16.5. The van der Waals surface area contributed by atoms with Crippen LogP contribution >= 0.6 is 11.6 Å². The van der Waals surface area contributed by atoms with E-state index in [0.29, 0.717) is 35.2 Å². The van der Waals surface area contributed by atoms with Gasteiger partial charge in [0.15, 0.2) is 11.5 Å². The van der Waals surface area contributed by atoms with E-state index in [2.05, 4.69) is 10.2 Å². The maximum atomic E-state index is 12.8. The quantitative estimate of drug-likeness (QED) is 0.708. The van der Waals surface area contributed by atoms with Gasteiger partial charge in [0, 0.05) is 12.1 Å². The van der Waals surface area contributed by atoms with Crippen LogP contribution in [0.2, 0.25) is 5.02 Å². The fourth-order valence-electron chi connectivity index (χ4n) is 3.55. The fourth-order valence-corrected chi connectivity index (χ4v) is 3.81. The second kappa shape index (κ2) is 9.85. The molecule has 1 N–H and O–H groups in total. The molecule has 28 heavy (non-hydrogen) atoms. The SMILES string of the molecule is CCOc1c(Cl)cc(C(=O)NCC(c2ccco2)N2CCCCC2)cc1OC. The fraction of sp³-hybridized carbons (Fsp3) is 0.476. The number of carbonyl (C=O) groups is 1. The van der Waals surface area contributed by atoms with Crippen LogP contribution < -0.4 is 14.8 Å². The Labute approximate surface area is 170 Å². The Morgan fingerprint density at radius 2 is 2.11 bits per heavy atom. The van der Waals surface area contributed by atoms with Crippen molar-refractivity contribution in [2.45, 2.75) is 32.2 Å². The summed E-state index contributed by atoms with van der Waals surface area (Å²) in [6.07, 6.45) is 5.25. The molecular formula is C21H27ClN2O4. The number of nitrogens with zero attached hydrogens (tertiary/aromatic N) is 1. The second-order valence-corrected chi connectivity index (χ2v) is 7.17. The summed E-state index contributed by atoms with van der Waals surface area (Å²) in [5.41, 5.74) is 0.433. The lowest BCUT2D eigenvalue weighted by Gasteiger charge is -2.33. The van der Waals surface area contributed by atoms with E-state index >= 15 is 0 Å². The van der Waals surface area contributed by atoms with Crippen LogP contribution in [-0.4, -0.2) is 44.2 Å². The average Bonchev–Trinajstić information content (AvgIpc) is 3.24. The summed E-state index contributed by atoms with van der Waals surface area (Å²) in [5, 5.41) is 3.37. The third-order valence-electron chi connectivity index (χ3n) is 4.94. The molecule has 6 nitrogen and oxygen atoms in total. The molecular weight excluding hydrogens is 380 g/mol. The summed E-state index contributed by atoms with van der Waals surface area (Å²) in [4.78, 5) is 15.1. The first-order chi connectivity index (χ1) is 13.6. The van der Waals surface area contributed by atoms with Crippen LogP contribution in [0, 0.1) is 0 Å². The smallest absolute Gasteiger partial charge is 0.251 e. The minimum atomic E-state index is -0.211. The zero-order valence-corrected chi connectivity index (χ0v) is 17.1. The van der Waals surface area contributed by atoms with Crippen molar-refractivity contribution in [1.29, 1.82) is 0 Å². The first-order valence-electron chi connectivity index (χ1n) is 9.70. The molecule has 152 valence electrons. The van der Waals surface area contributed by atoms with Crippen molar-refractivity contribution >= 4 is 17.5 Å². The molecule has 0 spiro atoms. The second-order valence-electron chi connectivity index (χ2n) is 6.76. The number of piperidine rings is 1. The van der Waals surface area contributed by atoms with Crippen LogP contribution in [0.3, 0.4) is 0 Å². The molecule has 0 saturated carbocycles.